The summed E-state index contributed by atoms with van der Waals surface area (Å²) in [6.07, 6.45) is 0. The molecule has 1 nitrogen and oxygen atoms in total. The minimum atomic E-state index is -0.623. The molecule has 2 rings (SSSR count). The van der Waals surface area contributed by atoms with E-state index >= 15 is 0 Å². The lowest BCUT2D eigenvalue weighted by atomic mass is 9.99. The van der Waals surface area contributed by atoms with Crippen LogP contribution in [0.5, 0.6) is 0 Å². The van der Waals surface area contributed by atoms with Crippen molar-refractivity contribution in [3.05, 3.63) is 58.6 Å². The summed E-state index contributed by atoms with van der Waals surface area (Å²) in [5.41, 5.74) is 7.24. The highest BCUT2D eigenvalue weighted by atomic mass is 35.5. The Labute approximate surface area is 103 Å². The first-order chi connectivity index (χ1) is 8.11. The molecule has 0 radical (unpaired) electrons. The van der Waals surface area contributed by atoms with E-state index < -0.39 is 11.6 Å². The lowest BCUT2D eigenvalue weighted by Crippen LogP contribution is -2.00. The number of hydrogen-bond acceptors (Lipinski definition) is 1. The third-order valence-corrected chi connectivity index (χ3v) is 2.75. The third-order valence-electron chi connectivity index (χ3n) is 2.51. The van der Waals surface area contributed by atoms with Crippen molar-refractivity contribution in [2.45, 2.75) is 6.54 Å². The van der Waals surface area contributed by atoms with Gasteiger partial charge in [0.1, 0.15) is 11.6 Å². The van der Waals surface area contributed by atoms with E-state index in [0.29, 0.717) is 16.1 Å². The van der Waals surface area contributed by atoms with E-state index in [4.69, 9.17) is 17.3 Å². The second-order valence-corrected chi connectivity index (χ2v) is 4.07. The van der Waals surface area contributed by atoms with Gasteiger partial charge in [-0.1, -0.05) is 17.7 Å². The topological polar surface area (TPSA) is 26.0 Å². The maximum atomic E-state index is 13.7. The Bertz CT molecular complexity index is 555. The molecule has 0 fully saturated rings. The molecule has 0 aliphatic heterocycles. The van der Waals surface area contributed by atoms with Gasteiger partial charge < -0.3 is 5.73 Å². The molecular formula is C13H10ClF2N. The molecular weight excluding hydrogens is 244 g/mol. The fourth-order valence-electron chi connectivity index (χ4n) is 1.69. The molecule has 0 bridgehead atoms. The summed E-state index contributed by atoms with van der Waals surface area (Å²) in [6.45, 7) is 0.267. The number of halogens is 3. The van der Waals surface area contributed by atoms with Crippen LogP contribution in [0.3, 0.4) is 0 Å². The van der Waals surface area contributed by atoms with Crippen molar-refractivity contribution >= 4 is 11.6 Å². The Hall–Kier alpha value is -1.45. The van der Waals surface area contributed by atoms with E-state index in [2.05, 4.69) is 0 Å². The quantitative estimate of drug-likeness (QED) is 0.867. The molecule has 0 spiro atoms. The molecule has 0 aromatic heterocycles. The van der Waals surface area contributed by atoms with Gasteiger partial charge in [0.2, 0.25) is 0 Å². The maximum Gasteiger partial charge on any atom is 0.133 e. The van der Waals surface area contributed by atoms with Gasteiger partial charge >= 0.3 is 0 Å². The van der Waals surface area contributed by atoms with Crippen molar-refractivity contribution in [2.24, 2.45) is 5.73 Å². The molecule has 0 aliphatic rings. The molecule has 0 saturated heterocycles. The van der Waals surface area contributed by atoms with Crippen molar-refractivity contribution in [1.29, 1.82) is 0 Å². The zero-order valence-electron chi connectivity index (χ0n) is 8.88. The van der Waals surface area contributed by atoms with Crippen LogP contribution in [-0.4, -0.2) is 0 Å². The first-order valence-electron chi connectivity index (χ1n) is 5.05. The standard InChI is InChI=1S/C13H10ClF2N/c14-9-2-1-8(7-17)12(5-9)11-4-3-10(15)6-13(11)16/h1-6H,7,17H2. The molecule has 0 unspecified atom stereocenters. The minimum Gasteiger partial charge on any atom is -0.326 e. The Kier molecular flexibility index (Phi) is 3.41. The molecule has 0 heterocycles. The van der Waals surface area contributed by atoms with E-state index in [1.54, 1.807) is 18.2 Å². The second-order valence-electron chi connectivity index (χ2n) is 3.63. The smallest absolute Gasteiger partial charge is 0.133 e. The summed E-state index contributed by atoms with van der Waals surface area (Å²) < 4.78 is 26.5. The molecule has 0 saturated carbocycles. The number of benzene rings is 2. The third kappa shape index (κ3) is 2.46. The molecule has 2 N–H and O–H groups in total. The fourth-order valence-corrected chi connectivity index (χ4v) is 1.86. The van der Waals surface area contributed by atoms with Crippen LogP contribution in [0.1, 0.15) is 5.56 Å². The fraction of sp³-hybridized carbons (Fsp3) is 0.0769. The van der Waals surface area contributed by atoms with Gasteiger partial charge in [0.15, 0.2) is 0 Å². The molecule has 0 amide bonds. The summed E-state index contributed by atoms with van der Waals surface area (Å²) in [5.74, 6) is -1.23. The molecule has 4 heteroatoms. The first kappa shape index (κ1) is 12.0. The van der Waals surface area contributed by atoms with Crippen LogP contribution in [-0.2, 0) is 6.54 Å². The molecule has 17 heavy (non-hydrogen) atoms. The highest BCUT2D eigenvalue weighted by Gasteiger charge is 2.10. The van der Waals surface area contributed by atoms with Gasteiger partial charge in [-0.15, -0.1) is 0 Å². The van der Waals surface area contributed by atoms with Crippen molar-refractivity contribution in [3.63, 3.8) is 0 Å². The van der Waals surface area contributed by atoms with Crippen LogP contribution < -0.4 is 5.73 Å². The van der Waals surface area contributed by atoms with Gasteiger partial charge in [0.25, 0.3) is 0 Å². The summed E-state index contributed by atoms with van der Waals surface area (Å²) in [5, 5.41) is 0.487. The van der Waals surface area contributed by atoms with E-state index in [1.807, 2.05) is 0 Å². The Morgan fingerprint density at radius 1 is 1.00 bits per heavy atom. The van der Waals surface area contributed by atoms with Crippen LogP contribution >= 0.6 is 11.6 Å². The lowest BCUT2D eigenvalue weighted by Gasteiger charge is -2.09. The van der Waals surface area contributed by atoms with Crippen LogP contribution in [0.25, 0.3) is 11.1 Å². The van der Waals surface area contributed by atoms with E-state index in [9.17, 15) is 8.78 Å². The second kappa shape index (κ2) is 4.82. The average Bonchev–Trinajstić information content (AvgIpc) is 2.29. The Morgan fingerprint density at radius 3 is 2.41 bits per heavy atom. The monoisotopic (exact) mass is 253 g/mol. The van der Waals surface area contributed by atoms with Gasteiger partial charge in [-0.3, -0.25) is 0 Å². The van der Waals surface area contributed by atoms with Gasteiger partial charge in [-0.25, -0.2) is 8.78 Å². The predicted octanol–water partition coefficient (Wildman–Crippen LogP) is 3.74. The highest BCUT2D eigenvalue weighted by Crippen LogP contribution is 2.29. The van der Waals surface area contributed by atoms with Crippen LogP contribution in [0.15, 0.2) is 36.4 Å². The molecule has 2 aromatic carbocycles. The van der Waals surface area contributed by atoms with Crippen molar-refractivity contribution in [2.75, 3.05) is 0 Å². The Balaban J connectivity index is 2.62. The summed E-state index contributed by atoms with van der Waals surface area (Å²) in [7, 11) is 0. The number of hydrogen-bond donors (Lipinski definition) is 1. The summed E-state index contributed by atoms with van der Waals surface area (Å²) in [4.78, 5) is 0. The van der Waals surface area contributed by atoms with E-state index in [1.165, 1.54) is 12.1 Å². The minimum absolute atomic E-state index is 0.267. The van der Waals surface area contributed by atoms with Crippen molar-refractivity contribution < 1.29 is 8.78 Å². The van der Waals surface area contributed by atoms with E-state index in [-0.39, 0.29) is 6.54 Å². The SMILES string of the molecule is NCc1ccc(Cl)cc1-c1ccc(F)cc1F. The average molecular weight is 254 g/mol. The molecule has 88 valence electrons. The Morgan fingerprint density at radius 2 is 1.76 bits per heavy atom. The zero-order chi connectivity index (χ0) is 12.4. The van der Waals surface area contributed by atoms with Crippen LogP contribution in [0, 0.1) is 11.6 Å². The van der Waals surface area contributed by atoms with Gasteiger partial charge in [-0.2, -0.15) is 0 Å². The first-order valence-corrected chi connectivity index (χ1v) is 5.43. The van der Waals surface area contributed by atoms with Crippen molar-refractivity contribution in [1.82, 2.24) is 0 Å². The number of nitrogens with two attached hydrogens (primary N) is 1. The number of rotatable bonds is 2. The van der Waals surface area contributed by atoms with E-state index in [0.717, 1.165) is 11.6 Å². The molecule has 2 aromatic rings. The maximum absolute atomic E-state index is 13.7. The van der Waals surface area contributed by atoms with Gasteiger partial charge in [0, 0.05) is 23.2 Å². The van der Waals surface area contributed by atoms with Gasteiger partial charge in [0.05, 0.1) is 0 Å². The lowest BCUT2D eigenvalue weighted by molar-refractivity contribution is 0.585. The largest absolute Gasteiger partial charge is 0.326 e. The zero-order valence-corrected chi connectivity index (χ0v) is 9.64. The van der Waals surface area contributed by atoms with Crippen LogP contribution in [0.2, 0.25) is 5.02 Å². The van der Waals surface area contributed by atoms with Crippen molar-refractivity contribution in [3.8, 4) is 11.1 Å². The predicted molar refractivity (Wildman–Crippen MR) is 64.7 cm³/mol. The molecule has 0 aliphatic carbocycles. The van der Waals surface area contributed by atoms with Crippen LogP contribution in [0.4, 0.5) is 8.78 Å². The normalized spacial score (nSPS) is 10.6. The van der Waals surface area contributed by atoms with Gasteiger partial charge in [-0.05, 0) is 35.4 Å². The molecule has 0 atom stereocenters. The summed E-state index contributed by atoms with van der Waals surface area (Å²) >= 11 is 5.87. The summed E-state index contributed by atoms with van der Waals surface area (Å²) in [6, 6.07) is 8.49. The highest BCUT2D eigenvalue weighted by molar-refractivity contribution is 6.30.